The molecule has 3 heterocycles. The lowest BCUT2D eigenvalue weighted by molar-refractivity contribution is 1.30. The molecule has 2 N–H and O–H groups in total. The fourth-order valence-electron chi connectivity index (χ4n) is 3.15. The van der Waals surface area contributed by atoms with Crippen molar-refractivity contribution in [1.29, 1.82) is 0 Å². The molecule has 126 valence electrons. The molecule has 0 saturated heterocycles. The van der Waals surface area contributed by atoms with Gasteiger partial charge in [0.05, 0.1) is 10.5 Å². The van der Waals surface area contributed by atoms with Gasteiger partial charge in [0.25, 0.3) is 5.56 Å². The molecule has 26 heavy (non-hydrogen) atoms. The van der Waals surface area contributed by atoms with Gasteiger partial charge in [-0.05, 0) is 41.3 Å². The molecule has 4 nitrogen and oxygen atoms in total. The first kappa shape index (κ1) is 15.4. The molecule has 0 aliphatic rings. The molecule has 0 unspecified atom stereocenters. The lowest BCUT2D eigenvalue weighted by Crippen LogP contribution is -2.06. The Morgan fingerprint density at radius 2 is 1.88 bits per heavy atom. The molecule has 0 saturated carbocycles. The van der Waals surface area contributed by atoms with E-state index < -0.39 is 0 Å². The van der Waals surface area contributed by atoms with Crippen LogP contribution >= 0.6 is 22.9 Å². The number of hydrogen-bond acceptors (Lipinski definition) is 3. The fraction of sp³-hybridized carbons (Fsp3) is 0. The second kappa shape index (κ2) is 5.83. The van der Waals surface area contributed by atoms with Gasteiger partial charge in [-0.3, -0.25) is 4.79 Å². The minimum Gasteiger partial charge on any atom is -0.333 e. The number of thiophene rings is 1. The molecule has 6 heteroatoms. The molecule has 0 spiro atoms. The first-order chi connectivity index (χ1) is 12.7. The summed E-state index contributed by atoms with van der Waals surface area (Å²) in [6.07, 6.45) is 0. The smallest absolute Gasteiger partial charge is 0.274 e. The maximum atomic E-state index is 12.6. The molecule has 2 aromatic carbocycles. The summed E-state index contributed by atoms with van der Waals surface area (Å²) in [6, 6.07) is 17.6. The van der Waals surface area contributed by atoms with Crippen LogP contribution in [0.2, 0.25) is 5.02 Å². The number of fused-ring (bicyclic) bond motifs is 3. The van der Waals surface area contributed by atoms with Crippen molar-refractivity contribution >= 4 is 44.9 Å². The minimum atomic E-state index is -0.193. The summed E-state index contributed by atoms with van der Waals surface area (Å²) in [6.45, 7) is 0. The summed E-state index contributed by atoms with van der Waals surface area (Å²) in [4.78, 5) is 24.5. The van der Waals surface area contributed by atoms with Crippen molar-refractivity contribution in [2.24, 2.45) is 0 Å². The van der Waals surface area contributed by atoms with Gasteiger partial charge in [-0.1, -0.05) is 35.9 Å². The van der Waals surface area contributed by atoms with Gasteiger partial charge in [0.1, 0.15) is 16.9 Å². The van der Waals surface area contributed by atoms with Crippen LogP contribution < -0.4 is 5.56 Å². The zero-order chi connectivity index (χ0) is 17.7. The summed E-state index contributed by atoms with van der Waals surface area (Å²) in [5.74, 6) is 0.589. The number of nitrogens with one attached hydrogen (secondary N) is 2. The predicted octanol–water partition coefficient (Wildman–Crippen LogP) is 5.45. The summed E-state index contributed by atoms with van der Waals surface area (Å²) >= 11 is 7.94. The highest BCUT2D eigenvalue weighted by atomic mass is 35.5. The summed E-state index contributed by atoms with van der Waals surface area (Å²) in [5, 5.41) is 3.52. The zero-order valence-electron chi connectivity index (χ0n) is 13.4. The van der Waals surface area contributed by atoms with Crippen LogP contribution in [0.3, 0.4) is 0 Å². The van der Waals surface area contributed by atoms with E-state index in [1.807, 2.05) is 41.8 Å². The van der Waals surface area contributed by atoms with Crippen molar-refractivity contribution in [3.8, 4) is 21.8 Å². The number of aromatic amines is 2. The summed E-state index contributed by atoms with van der Waals surface area (Å²) in [5.41, 5.74) is 3.53. The highest BCUT2D eigenvalue weighted by Crippen LogP contribution is 2.31. The van der Waals surface area contributed by atoms with Crippen molar-refractivity contribution in [2.75, 3.05) is 0 Å². The number of aromatic nitrogens is 3. The van der Waals surface area contributed by atoms with E-state index in [0.29, 0.717) is 21.9 Å². The number of rotatable bonds is 2. The molecule has 5 rings (SSSR count). The van der Waals surface area contributed by atoms with Crippen LogP contribution in [0.4, 0.5) is 0 Å². The van der Waals surface area contributed by atoms with Crippen molar-refractivity contribution < 1.29 is 0 Å². The van der Waals surface area contributed by atoms with Gasteiger partial charge < -0.3 is 9.97 Å². The van der Waals surface area contributed by atoms with Crippen LogP contribution in [-0.4, -0.2) is 15.0 Å². The van der Waals surface area contributed by atoms with Crippen LogP contribution in [-0.2, 0) is 0 Å². The van der Waals surface area contributed by atoms with E-state index in [0.717, 1.165) is 26.9 Å². The average Bonchev–Trinajstić information content (AvgIpc) is 3.32. The number of nitrogens with zero attached hydrogens (tertiary/aromatic N) is 1. The SMILES string of the molecule is O=c1[nH]c2cc(-c3cccs3)ccc2c2nc(-c3ccccc3Cl)[nH]c12. The highest BCUT2D eigenvalue weighted by Gasteiger charge is 2.14. The van der Waals surface area contributed by atoms with Gasteiger partial charge in [-0.2, -0.15) is 0 Å². The number of imidazole rings is 1. The van der Waals surface area contributed by atoms with E-state index in [1.165, 1.54) is 0 Å². The van der Waals surface area contributed by atoms with E-state index in [-0.39, 0.29) is 5.56 Å². The van der Waals surface area contributed by atoms with Crippen LogP contribution in [0.15, 0.2) is 64.8 Å². The van der Waals surface area contributed by atoms with Gasteiger partial charge in [0.2, 0.25) is 0 Å². The third-order valence-corrected chi connectivity index (χ3v) is 5.64. The molecular formula is C20H12ClN3OS. The molecule has 0 bridgehead atoms. The molecular weight excluding hydrogens is 366 g/mol. The average molecular weight is 378 g/mol. The minimum absolute atomic E-state index is 0.193. The maximum Gasteiger partial charge on any atom is 0.274 e. The van der Waals surface area contributed by atoms with Gasteiger partial charge in [-0.15, -0.1) is 11.3 Å². The van der Waals surface area contributed by atoms with Gasteiger partial charge in [0.15, 0.2) is 0 Å². The first-order valence-corrected chi connectivity index (χ1v) is 9.31. The van der Waals surface area contributed by atoms with Crippen LogP contribution in [0, 0.1) is 0 Å². The second-order valence-corrected chi connectivity index (χ2v) is 7.34. The maximum absolute atomic E-state index is 12.6. The standard InChI is InChI=1S/C20H12ClN3OS/c21-14-5-2-1-4-12(14)19-23-17-13-8-7-11(16-6-3-9-26-16)10-15(13)22-20(25)18(17)24-19/h1-10H,(H,22,25)(H,23,24). The van der Waals surface area contributed by atoms with Crippen molar-refractivity contribution in [3.63, 3.8) is 0 Å². The number of pyridine rings is 1. The summed E-state index contributed by atoms with van der Waals surface area (Å²) < 4.78 is 0. The van der Waals surface area contributed by atoms with E-state index in [4.69, 9.17) is 11.6 Å². The van der Waals surface area contributed by atoms with Crippen LogP contribution in [0.5, 0.6) is 0 Å². The third-order valence-electron chi connectivity index (χ3n) is 4.39. The molecule has 0 atom stereocenters. The first-order valence-electron chi connectivity index (χ1n) is 8.05. The van der Waals surface area contributed by atoms with Gasteiger partial charge >= 0.3 is 0 Å². The molecule has 0 amide bonds. The van der Waals surface area contributed by atoms with E-state index in [9.17, 15) is 4.79 Å². The quantitative estimate of drug-likeness (QED) is 0.429. The molecule has 0 radical (unpaired) electrons. The van der Waals surface area contributed by atoms with Crippen molar-refractivity contribution in [2.45, 2.75) is 0 Å². The summed E-state index contributed by atoms with van der Waals surface area (Å²) in [7, 11) is 0. The predicted molar refractivity (Wildman–Crippen MR) is 108 cm³/mol. The molecule has 5 aromatic rings. The molecule has 0 fully saturated rings. The van der Waals surface area contributed by atoms with Crippen LogP contribution in [0.25, 0.3) is 43.8 Å². The monoisotopic (exact) mass is 377 g/mol. The Morgan fingerprint density at radius 3 is 2.69 bits per heavy atom. The Hall–Kier alpha value is -2.89. The Morgan fingerprint density at radius 1 is 1.00 bits per heavy atom. The number of halogens is 1. The van der Waals surface area contributed by atoms with Crippen molar-refractivity contribution in [1.82, 2.24) is 15.0 Å². The van der Waals surface area contributed by atoms with Gasteiger partial charge in [-0.25, -0.2) is 4.98 Å². The molecule has 0 aliphatic heterocycles. The fourth-order valence-corrected chi connectivity index (χ4v) is 4.10. The van der Waals surface area contributed by atoms with E-state index >= 15 is 0 Å². The Balaban J connectivity index is 1.77. The molecule has 0 aliphatic carbocycles. The number of H-pyrrole nitrogens is 2. The zero-order valence-corrected chi connectivity index (χ0v) is 15.0. The van der Waals surface area contributed by atoms with Gasteiger partial charge in [0, 0.05) is 15.8 Å². The van der Waals surface area contributed by atoms with Crippen LogP contribution in [0.1, 0.15) is 0 Å². The lowest BCUT2D eigenvalue weighted by Gasteiger charge is -2.02. The second-order valence-electron chi connectivity index (χ2n) is 5.98. The normalized spacial score (nSPS) is 11.4. The number of hydrogen-bond donors (Lipinski definition) is 2. The van der Waals surface area contributed by atoms with Crippen molar-refractivity contribution in [3.05, 3.63) is 75.4 Å². The molecule has 3 aromatic heterocycles. The highest BCUT2D eigenvalue weighted by molar-refractivity contribution is 7.13. The number of benzene rings is 2. The largest absolute Gasteiger partial charge is 0.333 e. The third kappa shape index (κ3) is 2.36. The topological polar surface area (TPSA) is 61.5 Å². The van der Waals surface area contributed by atoms with E-state index in [2.05, 4.69) is 27.1 Å². The lowest BCUT2D eigenvalue weighted by atomic mass is 10.1. The van der Waals surface area contributed by atoms with E-state index in [1.54, 1.807) is 17.4 Å². The Labute approximate surface area is 157 Å². The Kier molecular flexibility index (Phi) is 3.45. The Bertz CT molecular complexity index is 1320.